The third-order valence-electron chi connectivity index (χ3n) is 4.45. The van der Waals surface area contributed by atoms with Crippen LogP contribution in [0.25, 0.3) is 11.3 Å². The van der Waals surface area contributed by atoms with Crippen LogP contribution < -0.4 is 11.1 Å². The third-order valence-corrected chi connectivity index (χ3v) is 4.45. The third kappa shape index (κ3) is 6.90. The Kier molecular flexibility index (Phi) is 9.28. The molecule has 0 saturated carbocycles. The maximum atomic E-state index is 5.80. The van der Waals surface area contributed by atoms with Crippen LogP contribution in [0.5, 0.6) is 0 Å². The number of benzene rings is 1. The second-order valence-electron chi connectivity index (χ2n) is 6.81. The molecule has 0 bridgehead atoms. The number of nitrogens with two attached hydrogens (primary N) is 1. The van der Waals surface area contributed by atoms with E-state index in [0.717, 1.165) is 41.2 Å². The topological polar surface area (TPSA) is 55.9 Å². The largest absolute Gasteiger partial charge is 0.384 e. The van der Waals surface area contributed by atoms with Gasteiger partial charge < -0.3 is 11.1 Å². The zero-order chi connectivity index (χ0) is 22.0. The minimum atomic E-state index is 0.505. The van der Waals surface area contributed by atoms with Crippen molar-refractivity contribution in [2.45, 2.75) is 40.2 Å². The van der Waals surface area contributed by atoms with Gasteiger partial charge in [0, 0.05) is 30.4 Å². The molecule has 2 aromatic rings. The number of aryl methyl sites for hydroxylation is 1. The van der Waals surface area contributed by atoms with Gasteiger partial charge in [-0.1, -0.05) is 57.0 Å². The second kappa shape index (κ2) is 11.4. The average Bonchev–Trinajstić information content (AvgIpc) is 3.05. The molecule has 0 radical (unpaired) electrons. The van der Waals surface area contributed by atoms with Gasteiger partial charge in [0.15, 0.2) is 0 Å². The highest BCUT2D eigenvalue weighted by atomic mass is 15.3. The quantitative estimate of drug-likeness (QED) is 0.437. The van der Waals surface area contributed by atoms with E-state index in [0.29, 0.717) is 12.2 Å². The predicted octanol–water partition coefficient (Wildman–Crippen LogP) is 5.56. The Morgan fingerprint density at radius 2 is 1.83 bits per heavy atom. The van der Waals surface area contributed by atoms with Crippen LogP contribution >= 0.6 is 0 Å². The van der Waals surface area contributed by atoms with Crippen molar-refractivity contribution >= 4 is 17.1 Å². The first-order valence-electron chi connectivity index (χ1n) is 9.52. The lowest BCUT2D eigenvalue weighted by Gasteiger charge is -2.12. The van der Waals surface area contributed by atoms with Crippen molar-refractivity contribution in [3.8, 4) is 12.8 Å². The van der Waals surface area contributed by atoms with Gasteiger partial charge in [0.2, 0.25) is 0 Å². The molecule has 0 spiro atoms. The van der Waals surface area contributed by atoms with Crippen LogP contribution in [0.1, 0.15) is 43.5 Å². The highest BCUT2D eigenvalue weighted by molar-refractivity contribution is 5.64. The maximum Gasteiger partial charge on any atom is 0.146 e. The molecule has 4 nitrogen and oxygen atoms in total. The van der Waals surface area contributed by atoms with Crippen molar-refractivity contribution in [1.29, 1.82) is 0 Å². The molecule has 4 heteroatoms. The van der Waals surface area contributed by atoms with E-state index in [9.17, 15) is 0 Å². The first kappa shape index (κ1) is 23.6. The van der Waals surface area contributed by atoms with Gasteiger partial charge in [-0.25, -0.2) is 4.68 Å². The SMILES string of the molecule is C#C.C=C(C/C=C(/C(=C)C)n1nc(N)cc1C)NCc1ccc(C(=C)CC)cc1. The van der Waals surface area contributed by atoms with Gasteiger partial charge in [0.05, 0.1) is 5.70 Å². The molecule has 2 rings (SSSR count). The van der Waals surface area contributed by atoms with Gasteiger partial charge in [-0.05, 0) is 42.5 Å². The summed E-state index contributed by atoms with van der Waals surface area (Å²) < 4.78 is 1.82. The van der Waals surface area contributed by atoms with E-state index >= 15 is 0 Å². The lowest BCUT2D eigenvalue weighted by molar-refractivity contribution is 0.790. The van der Waals surface area contributed by atoms with Crippen molar-refractivity contribution in [2.24, 2.45) is 0 Å². The normalized spacial score (nSPS) is 10.6. The monoisotopic (exact) mass is 388 g/mol. The van der Waals surface area contributed by atoms with E-state index in [1.54, 1.807) is 0 Å². The number of hydrogen-bond acceptors (Lipinski definition) is 3. The Morgan fingerprint density at radius 3 is 2.31 bits per heavy atom. The summed E-state index contributed by atoms with van der Waals surface area (Å²) in [6.07, 6.45) is 11.7. The fourth-order valence-electron chi connectivity index (χ4n) is 2.77. The maximum absolute atomic E-state index is 5.80. The fraction of sp³-hybridized carbons (Fsp3) is 0.240. The molecular formula is C25H32N4. The van der Waals surface area contributed by atoms with Crippen LogP contribution in [0.3, 0.4) is 0 Å². The van der Waals surface area contributed by atoms with Crippen LogP contribution in [0.2, 0.25) is 0 Å². The molecule has 0 aliphatic carbocycles. The summed E-state index contributed by atoms with van der Waals surface area (Å²) in [7, 11) is 0. The van der Waals surface area contributed by atoms with Crippen molar-refractivity contribution in [3.05, 3.63) is 84.2 Å². The predicted molar refractivity (Wildman–Crippen MR) is 127 cm³/mol. The minimum absolute atomic E-state index is 0.505. The Hall–Kier alpha value is -3.45. The molecule has 3 N–H and O–H groups in total. The van der Waals surface area contributed by atoms with E-state index in [2.05, 4.69) is 80.3 Å². The van der Waals surface area contributed by atoms with E-state index < -0.39 is 0 Å². The summed E-state index contributed by atoms with van der Waals surface area (Å²) in [4.78, 5) is 0. The molecule has 0 atom stereocenters. The molecule has 0 saturated heterocycles. The minimum Gasteiger partial charge on any atom is -0.384 e. The van der Waals surface area contributed by atoms with Gasteiger partial charge in [0.1, 0.15) is 5.82 Å². The molecule has 1 heterocycles. The molecule has 0 fully saturated rings. The zero-order valence-corrected chi connectivity index (χ0v) is 17.8. The molecule has 152 valence electrons. The molecule has 0 unspecified atom stereocenters. The number of terminal acetylenes is 1. The van der Waals surface area contributed by atoms with Gasteiger partial charge >= 0.3 is 0 Å². The van der Waals surface area contributed by atoms with E-state index in [4.69, 9.17) is 5.73 Å². The van der Waals surface area contributed by atoms with Crippen LogP contribution in [-0.2, 0) is 6.54 Å². The van der Waals surface area contributed by atoms with Crippen LogP contribution in [-0.4, -0.2) is 9.78 Å². The number of hydrogen-bond donors (Lipinski definition) is 2. The Labute approximate surface area is 175 Å². The molecule has 0 aliphatic rings. The van der Waals surface area contributed by atoms with Crippen LogP contribution in [0, 0.1) is 19.8 Å². The second-order valence-corrected chi connectivity index (χ2v) is 6.81. The lowest BCUT2D eigenvalue weighted by Crippen LogP contribution is -2.12. The summed E-state index contributed by atoms with van der Waals surface area (Å²) in [6, 6.07) is 10.3. The van der Waals surface area contributed by atoms with E-state index in [1.807, 2.05) is 24.6 Å². The van der Waals surface area contributed by atoms with Gasteiger partial charge in [-0.3, -0.25) is 0 Å². The number of rotatable bonds is 9. The lowest BCUT2D eigenvalue weighted by atomic mass is 10.0. The van der Waals surface area contributed by atoms with E-state index in [-0.39, 0.29) is 0 Å². The van der Waals surface area contributed by atoms with Crippen molar-refractivity contribution in [3.63, 3.8) is 0 Å². The Bertz CT molecular complexity index is 908. The molecule has 0 aliphatic heterocycles. The van der Waals surface area contributed by atoms with Gasteiger partial charge in [0.25, 0.3) is 0 Å². The molecule has 29 heavy (non-hydrogen) atoms. The summed E-state index contributed by atoms with van der Waals surface area (Å²) >= 11 is 0. The van der Waals surface area contributed by atoms with Crippen molar-refractivity contribution in [2.75, 3.05) is 5.73 Å². The highest BCUT2D eigenvalue weighted by Gasteiger charge is 2.08. The molecule has 0 amide bonds. The van der Waals surface area contributed by atoms with E-state index in [1.165, 1.54) is 11.1 Å². The van der Waals surface area contributed by atoms with Gasteiger partial charge in [-0.15, -0.1) is 12.8 Å². The highest BCUT2D eigenvalue weighted by Crippen LogP contribution is 2.20. The number of nitrogen functional groups attached to an aromatic ring is 1. The Morgan fingerprint density at radius 1 is 1.21 bits per heavy atom. The van der Waals surface area contributed by atoms with Crippen molar-refractivity contribution < 1.29 is 0 Å². The first-order valence-corrected chi connectivity index (χ1v) is 9.52. The average molecular weight is 389 g/mol. The molecular weight excluding hydrogens is 356 g/mol. The standard InChI is InChI=1S/C23H30N4.C2H2/c1-7-17(4)21-11-9-20(10-12-21)15-25-18(5)8-13-22(16(2)3)27-19(6)14-23(24)26-27;1-2/h9-14,25H,2,4-5,7-8,15H2,1,3,6H3,(H2,24,26);1-2H/b22-13-;. The zero-order valence-electron chi connectivity index (χ0n) is 17.8. The number of anilines is 1. The molecule has 1 aromatic heterocycles. The summed E-state index contributed by atoms with van der Waals surface area (Å²) in [5.41, 5.74) is 13.2. The van der Waals surface area contributed by atoms with Crippen LogP contribution in [0.4, 0.5) is 5.82 Å². The summed E-state index contributed by atoms with van der Waals surface area (Å²) in [5, 5.41) is 7.72. The first-order chi connectivity index (χ1) is 13.8. The number of aromatic nitrogens is 2. The van der Waals surface area contributed by atoms with Crippen molar-refractivity contribution in [1.82, 2.24) is 15.1 Å². The van der Waals surface area contributed by atoms with Gasteiger partial charge in [-0.2, -0.15) is 5.10 Å². The summed E-state index contributed by atoms with van der Waals surface area (Å²) in [5.74, 6) is 0.505. The summed E-state index contributed by atoms with van der Waals surface area (Å²) in [6.45, 7) is 19.1. The Balaban J connectivity index is 0.00000204. The number of nitrogens with zero attached hydrogens (tertiary/aromatic N) is 2. The van der Waals surface area contributed by atoms with Crippen LogP contribution in [0.15, 0.2) is 67.4 Å². The number of allylic oxidation sites excluding steroid dienone is 4. The fourth-order valence-corrected chi connectivity index (χ4v) is 2.77. The number of nitrogens with one attached hydrogen (secondary N) is 1. The molecule has 1 aromatic carbocycles. The smallest absolute Gasteiger partial charge is 0.146 e.